The molecular weight excluding hydrogens is 274 g/mol. The minimum atomic E-state index is -0.167. The highest BCUT2D eigenvalue weighted by atomic mass is 16.5. The molecule has 1 aromatic heterocycles. The van der Waals surface area contributed by atoms with E-state index < -0.39 is 0 Å². The van der Waals surface area contributed by atoms with Crippen LogP contribution in [-0.2, 0) is 9.53 Å². The van der Waals surface area contributed by atoms with Gasteiger partial charge in [-0.3, -0.25) is 9.59 Å². The monoisotopic (exact) mass is 293 g/mol. The van der Waals surface area contributed by atoms with Crippen molar-refractivity contribution < 1.29 is 18.8 Å². The second-order valence-electron chi connectivity index (χ2n) is 5.72. The molecule has 0 unspecified atom stereocenters. The fraction of sp³-hybridized carbons (Fsp3) is 0.643. The molecule has 2 aliphatic heterocycles. The summed E-state index contributed by atoms with van der Waals surface area (Å²) in [4.78, 5) is 27.8. The molecule has 2 atom stereocenters. The number of likely N-dealkylation sites (tertiary alicyclic amines) is 1. The maximum Gasteiger partial charge on any atom is 0.292 e. The summed E-state index contributed by atoms with van der Waals surface area (Å²) < 4.78 is 10.4. The summed E-state index contributed by atoms with van der Waals surface area (Å²) in [6, 6.07) is 1.64. The molecule has 3 heterocycles. The maximum absolute atomic E-state index is 12.4. The van der Waals surface area contributed by atoms with Crippen LogP contribution in [0.4, 0.5) is 0 Å². The summed E-state index contributed by atoms with van der Waals surface area (Å²) in [6.07, 6.45) is 0.821. The van der Waals surface area contributed by atoms with Crippen LogP contribution in [0.5, 0.6) is 0 Å². The number of rotatable bonds is 1. The van der Waals surface area contributed by atoms with Gasteiger partial charge in [0.05, 0.1) is 18.3 Å². The van der Waals surface area contributed by atoms with Gasteiger partial charge in [0.1, 0.15) is 6.61 Å². The molecule has 0 aliphatic carbocycles. The predicted molar refractivity (Wildman–Crippen MR) is 72.6 cm³/mol. The number of aromatic nitrogens is 1. The molecular formula is C14H19N3O4. The molecule has 7 heteroatoms. The SMILES string of the molecule is Cc1cc(C(=O)N2CC[C@H]3COCC(=O)N(C)[C@H]3C2)on1. The third-order valence-electron chi connectivity index (χ3n) is 4.30. The lowest BCUT2D eigenvalue weighted by Crippen LogP contribution is -2.54. The van der Waals surface area contributed by atoms with E-state index in [0.717, 1.165) is 6.42 Å². The molecule has 2 fully saturated rings. The Morgan fingerprint density at radius 1 is 1.48 bits per heavy atom. The zero-order valence-corrected chi connectivity index (χ0v) is 12.2. The van der Waals surface area contributed by atoms with Gasteiger partial charge in [0, 0.05) is 32.1 Å². The van der Waals surface area contributed by atoms with Crippen molar-refractivity contribution in [2.24, 2.45) is 5.92 Å². The molecule has 0 N–H and O–H groups in total. The Morgan fingerprint density at radius 3 is 3.00 bits per heavy atom. The standard InChI is InChI=1S/C14H19N3O4/c1-9-5-12(21-15-9)14(19)17-4-3-10-7-20-8-13(18)16(2)11(10)6-17/h5,10-11H,3-4,6-8H2,1-2H3/t10-,11-/m0/s1. The predicted octanol–water partition coefficient (Wildman–Crippen LogP) is 0.302. The number of nitrogens with zero attached hydrogens (tertiary/aromatic N) is 3. The van der Waals surface area contributed by atoms with Gasteiger partial charge < -0.3 is 19.1 Å². The number of likely N-dealkylation sites (N-methyl/N-ethyl adjacent to an activating group) is 1. The van der Waals surface area contributed by atoms with Crippen LogP contribution in [0.15, 0.2) is 10.6 Å². The normalized spacial score (nSPS) is 26.5. The van der Waals surface area contributed by atoms with Crippen molar-refractivity contribution in [2.45, 2.75) is 19.4 Å². The van der Waals surface area contributed by atoms with E-state index in [4.69, 9.17) is 9.26 Å². The molecule has 0 saturated carbocycles. The van der Waals surface area contributed by atoms with Crippen LogP contribution in [0, 0.1) is 12.8 Å². The van der Waals surface area contributed by atoms with Gasteiger partial charge in [-0.25, -0.2) is 0 Å². The lowest BCUT2D eigenvalue weighted by atomic mass is 9.91. The average Bonchev–Trinajstić information content (AvgIpc) is 2.86. The largest absolute Gasteiger partial charge is 0.371 e. The van der Waals surface area contributed by atoms with Crippen molar-refractivity contribution in [3.8, 4) is 0 Å². The number of hydrogen-bond donors (Lipinski definition) is 0. The highest BCUT2D eigenvalue weighted by Gasteiger charge is 2.38. The first-order valence-corrected chi connectivity index (χ1v) is 7.12. The van der Waals surface area contributed by atoms with Crippen LogP contribution in [0.2, 0.25) is 0 Å². The first kappa shape index (κ1) is 14.1. The highest BCUT2D eigenvalue weighted by molar-refractivity contribution is 5.91. The van der Waals surface area contributed by atoms with Crippen molar-refractivity contribution in [1.82, 2.24) is 15.0 Å². The van der Waals surface area contributed by atoms with Crippen molar-refractivity contribution in [3.05, 3.63) is 17.5 Å². The van der Waals surface area contributed by atoms with Gasteiger partial charge in [0.15, 0.2) is 0 Å². The molecule has 2 saturated heterocycles. The molecule has 0 aromatic carbocycles. The summed E-state index contributed by atoms with van der Waals surface area (Å²) in [5.74, 6) is 0.333. The maximum atomic E-state index is 12.4. The molecule has 21 heavy (non-hydrogen) atoms. The molecule has 114 valence electrons. The molecule has 0 radical (unpaired) electrons. The number of carbonyl (C=O) groups excluding carboxylic acids is 2. The van der Waals surface area contributed by atoms with Gasteiger partial charge in [-0.1, -0.05) is 5.16 Å². The summed E-state index contributed by atoms with van der Waals surface area (Å²) in [6.45, 7) is 3.63. The van der Waals surface area contributed by atoms with Crippen LogP contribution >= 0.6 is 0 Å². The first-order valence-electron chi connectivity index (χ1n) is 7.12. The Morgan fingerprint density at radius 2 is 2.29 bits per heavy atom. The second-order valence-corrected chi connectivity index (χ2v) is 5.72. The number of amides is 2. The van der Waals surface area contributed by atoms with E-state index in [1.807, 2.05) is 0 Å². The molecule has 2 aliphatic rings. The van der Waals surface area contributed by atoms with Gasteiger partial charge >= 0.3 is 0 Å². The third kappa shape index (κ3) is 2.65. The van der Waals surface area contributed by atoms with Crippen LogP contribution < -0.4 is 0 Å². The van der Waals surface area contributed by atoms with Crippen LogP contribution in [0.3, 0.4) is 0 Å². The summed E-state index contributed by atoms with van der Waals surface area (Å²) in [5, 5.41) is 3.75. The van der Waals surface area contributed by atoms with E-state index in [1.54, 1.807) is 29.8 Å². The van der Waals surface area contributed by atoms with Crippen LogP contribution in [0.25, 0.3) is 0 Å². The highest BCUT2D eigenvalue weighted by Crippen LogP contribution is 2.25. The van der Waals surface area contributed by atoms with Gasteiger partial charge in [-0.15, -0.1) is 0 Å². The number of hydrogen-bond acceptors (Lipinski definition) is 5. The topological polar surface area (TPSA) is 75.9 Å². The summed E-state index contributed by atoms with van der Waals surface area (Å²) in [7, 11) is 1.78. The van der Waals surface area contributed by atoms with Crippen molar-refractivity contribution in [2.75, 3.05) is 33.4 Å². The fourth-order valence-corrected chi connectivity index (χ4v) is 3.00. The Hall–Kier alpha value is -1.89. The molecule has 3 rings (SSSR count). The number of piperidine rings is 1. The average molecular weight is 293 g/mol. The van der Waals surface area contributed by atoms with Gasteiger partial charge in [-0.2, -0.15) is 0 Å². The van der Waals surface area contributed by atoms with Gasteiger partial charge in [0.2, 0.25) is 11.7 Å². The third-order valence-corrected chi connectivity index (χ3v) is 4.30. The quantitative estimate of drug-likeness (QED) is 0.744. The van der Waals surface area contributed by atoms with Crippen molar-refractivity contribution in [1.29, 1.82) is 0 Å². The molecule has 1 aromatic rings. The Bertz CT molecular complexity index is 556. The second kappa shape index (κ2) is 5.48. The van der Waals surface area contributed by atoms with E-state index in [9.17, 15) is 9.59 Å². The lowest BCUT2D eigenvalue weighted by molar-refractivity contribution is -0.134. The molecule has 0 spiro atoms. The lowest BCUT2D eigenvalue weighted by Gasteiger charge is -2.40. The zero-order chi connectivity index (χ0) is 15.0. The van der Waals surface area contributed by atoms with Crippen molar-refractivity contribution in [3.63, 3.8) is 0 Å². The van der Waals surface area contributed by atoms with E-state index in [2.05, 4.69) is 5.16 Å². The van der Waals surface area contributed by atoms with Gasteiger partial charge in [0.25, 0.3) is 5.91 Å². The van der Waals surface area contributed by atoms with E-state index in [-0.39, 0.29) is 36.1 Å². The summed E-state index contributed by atoms with van der Waals surface area (Å²) >= 11 is 0. The fourth-order valence-electron chi connectivity index (χ4n) is 3.00. The Balaban J connectivity index is 1.75. The molecule has 2 amide bonds. The number of fused-ring (bicyclic) bond motifs is 1. The summed E-state index contributed by atoms with van der Waals surface area (Å²) in [5.41, 5.74) is 0.684. The first-order chi connectivity index (χ1) is 10.1. The molecule has 7 nitrogen and oxygen atoms in total. The Kier molecular flexibility index (Phi) is 3.67. The Labute approximate surface area is 122 Å². The van der Waals surface area contributed by atoms with Gasteiger partial charge in [-0.05, 0) is 13.3 Å². The van der Waals surface area contributed by atoms with E-state index >= 15 is 0 Å². The van der Waals surface area contributed by atoms with Crippen LogP contribution in [0.1, 0.15) is 22.7 Å². The number of carbonyl (C=O) groups is 2. The van der Waals surface area contributed by atoms with E-state index in [0.29, 0.717) is 25.4 Å². The van der Waals surface area contributed by atoms with Crippen LogP contribution in [-0.4, -0.2) is 66.2 Å². The minimum absolute atomic E-state index is 0.00159. The van der Waals surface area contributed by atoms with Crippen molar-refractivity contribution >= 4 is 11.8 Å². The molecule has 0 bridgehead atoms. The minimum Gasteiger partial charge on any atom is -0.371 e. The number of aryl methyl sites for hydroxylation is 1. The van der Waals surface area contributed by atoms with E-state index in [1.165, 1.54) is 0 Å². The zero-order valence-electron chi connectivity index (χ0n) is 12.2. The smallest absolute Gasteiger partial charge is 0.292 e. The number of ether oxygens (including phenoxy) is 1.